The summed E-state index contributed by atoms with van der Waals surface area (Å²) in [4.78, 5) is 14.6. The first-order valence-corrected chi connectivity index (χ1v) is 9.10. The van der Waals surface area contributed by atoms with Gasteiger partial charge in [0.15, 0.2) is 6.61 Å². The summed E-state index contributed by atoms with van der Waals surface area (Å²) in [5.41, 5.74) is 0. The number of rotatable bonds is 9. The van der Waals surface area contributed by atoms with Gasteiger partial charge in [0.25, 0.3) is 5.91 Å². The van der Waals surface area contributed by atoms with Gasteiger partial charge in [-0.1, -0.05) is 13.8 Å². The molecule has 1 aromatic rings. The van der Waals surface area contributed by atoms with Crippen LogP contribution >= 0.6 is 0 Å². The minimum atomic E-state index is 0.0788. The first-order valence-electron chi connectivity index (χ1n) is 9.10. The molecule has 1 N–H and O–H groups in total. The zero-order chi connectivity index (χ0) is 17.2. The summed E-state index contributed by atoms with van der Waals surface area (Å²) in [6, 6.07) is 7.81. The van der Waals surface area contributed by atoms with Gasteiger partial charge >= 0.3 is 0 Å². The molecule has 24 heavy (non-hydrogen) atoms. The minimum absolute atomic E-state index is 0.0788. The van der Waals surface area contributed by atoms with E-state index in [1.165, 1.54) is 0 Å². The Labute approximate surface area is 145 Å². The van der Waals surface area contributed by atoms with E-state index in [0.29, 0.717) is 18.4 Å². The predicted molar refractivity (Wildman–Crippen MR) is 95.6 cm³/mol. The molecule has 1 aliphatic rings. The maximum atomic E-state index is 12.6. The molecule has 0 saturated carbocycles. The van der Waals surface area contributed by atoms with Crippen molar-refractivity contribution in [2.75, 3.05) is 32.8 Å². The van der Waals surface area contributed by atoms with Gasteiger partial charge < -0.3 is 19.7 Å². The van der Waals surface area contributed by atoms with Crippen molar-refractivity contribution in [1.82, 2.24) is 10.2 Å². The van der Waals surface area contributed by atoms with Crippen molar-refractivity contribution in [3.05, 3.63) is 24.3 Å². The van der Waals surface area contributed by atoms with Gasteiger partial charge in [-0.05, 0) is 63.0 Å². The summed E-state index contributed by atoms with van der Waals surface area (Å²) in [5.74, 6) is 1.61. The first kappa shape index (κ1) is 18.6. The van der Waals surface area contributed by atoms with Crippen LogP contribution in [0.25, 0.3) is 0 Å². The van der Waals surface area contributed by atoms with Gasteiger partial charge in [-0.15, -0.1) is 0 Å². The van der Waals surface area contributed by atoms with Crippen LogP contribution in [0.5, 0.6) is 11.5 Å². The van der Waals surface area contributed by atoms with Gasteiger partial charge in [-0.2, -0.15) is 0 Å². The second-order valence-corrected chi connectivity index (χ2v) is 6.18. The predicted octanol–water partition coefficient (Wildman–Crippen LogP) is 2.84. The molecule has 0 atom stereocenters. The Morgan fingerprint density at radius 2 is 1.71 bits per heavy atom. The van der Waals surface area contributed by atoms with Crippen LogP contribution in [0, 0.1) is 0 Å². The zero-order valence-electron chi connectivity index (χ0n) is 14.9. The summed E-state index contributed by atoms with van der Waals surface area (Å²) < 4.78 is 11.2. The van der Waals surface area contributed by atoms with Gasteiger partial charge in [0, 0.05) is 12.6 Å². The molecule has 0 radical (unpaired) electrons. The molecular weight excluding hydrogens is 304 g/mol. The lowest BCUT2D eigenvalue weighted by Crippen LogP contribution is -2.48. The Morgan fingerprint density at radius 3 is 2.29 bits per heavy atom. The maximum absolute atomic E-state index is 12.6. The van der Waals surface area contributed by atoms with E-state index in [4.69, 9.17) is 9.47 Å². The fourth-order valence-corrected chi connectivity index (χ4v) is 2.95. The molecule has 0 bridgehead atoms. The SMILES string of the molecule is CCCOc1ccc(OCC(=O)N(CCC)C2CCNCC2)cc1. The van der Waals surface area contributed by atoms with Crippen LogP contribution in [-0.4, -0.2) is 49.7 Å². The van der Waals surface area contributed by atoms with E-state index in [2.05, 4.69) is 19.2 Å². The van der Waals surface area contributed by atoms with E-state index in [1.54, 1.807) is 0 Å². The number of hydrogen-bond donors (Lipinski definition) is 1. The molecule has 1 aromatic carbocycles. The standard InChI is InChI=1S/C19H30N2O3/c1-3-13-21(16-9-11-20-12-10-16)19(22)15-24-18-7-5-17(6-8-18)23-14-4-2/h5-8,16,20H,3-4,9-15H2,1-2H3. The molecule has 2 rings (SSSR count). The smallest absolute Gasteiger partial charge is 0.260 e. The molecule has 5 nitrogen and oxygen atoms in total. The molecule has 5 heteroatoms. The van der Waals surface area contributed by atoms with Crippen LogP contribution < -0.4 is 14.8 Å². The highest BCUT2D eigenvalue weighted by atomic mass is 16.5. The van der Waals surface area contributed by atoms with E-state index in [0.717, 1.165) is 51.1 Å². The van der Waals surface area contributed by atoms with Crippen molar-refractivity contribution >= 4 is 5.91 Å². The summed E-state index contributed by atoms with van der Waals surface area (Å²) >= 11 is 0. The van der Waals surface area contributed by atoms with Gasteiger partial charge in [0.1, 0.15) is 11.5 Å². The quantitative estimate of drug-likeness (QED) is 0.754. The molecule has 0 aromatic heterocycles. The fourth-order valence-electron chi connectivity index (χ4n) is 2.95. The van der Waals surface area contributed by atoms with Gasteiger partial charge in [-0.25, -0.2) is 0 Å². The third-order valence-electron chi connectivity index (χ3n) is 4.19. The number of hydrogen-bond acceptors (Lipinski definition) is 4. The highest BCUT2D eigenvalue weighted by molar-refractivity contribution is 5.78. The zero-order valence-corrected chi connectivity index (χ0v) is 14.9. The number of carbonyl (C=O) groups is 1. The van der Waals surface area contributed by atoms with Crippen molar-refractivity contribution in [3.63, 3.8) is 0 Å². The van der Waals surface area contributed by atoms with E-state index in [-0.39, 0.29) is 12.5 Å². The van der Waals surface area contributed by atoms with Crippen molar-refractivity contribution < 1.29 is 14.3 Å². The van der Waals surface area contributed by atoms with Gasteiger partial charge in [0.05, 0.1) is 6.61 Å². The molecule has 1 aliphatic heterocycles. The summed E-state index contributed by atoms with van der Waals surface area (Å²) in [7, 11) is 0. The molecule has 1 amide bonds. The van der Waals surface area contributed by atoms with Crippen molar-refractivity contribution in [3.8, 4) is 11.5 Å². The lowest BCUT2D eigenvalue weighted by molar-refractivity contribution is -0.136. The normalized spacial score (nSPS) is 15.1. The third-order valence-corrected chi connectivity index (χ3v) is 4.19. The number of nitrogens with one attached hydrogen (secondary N) is 1. The number of amides is 1. The van der Waals surface area contributed by atoms with E-state index < -0.39 is 0 Å². The Hall–Kier alpha value is -1.75. The van der Waals surface area contributed by atoms with Crippen LogP contribution in [-0.2, 0) is 4.79 Å². The van der Waals surface area contributed by atoms with Crippen LogP contribution in [0.2, 0.25) is 0 Å². The van der Waals surface area contributed by atoms with E-state index in [9.17, 15) is 4.79 Å². The number of nitrogens with zero attached hydrogens (tertiary/aromatic N) is 1. The Bertz CT molecular complexity index is 484. The van der Waals surface area contributed by atoms with Crippen LogP contribution in [0.4, 0.5) is 0 Å². The average molecular weight is 334 g/mol. The number of ether oxygens (including phenoxy) is 2. The number of carbonyl (C=O) groups excluding carboxylic acids is 1. The fraction of sp³-hybridized carbons (Fsp3) is 0.632. The van der Waals surface area contributed by atoms with Gasteiger partial charge in [0.2, 0.25) is 0 Å². The van der Waals surface area contributed by atoms with E-state index >= 15 is 0 Å². The topological polar surface area (TPSA) is 50.8 Å². The van der Waals surface area contributed by atoms with Crippen molar-refractivity contribution in [2.45, 2.75) is 45.6 Å². The van der Waals surface area contributed by atoms with Crippen molar-refractivity contribution in [2.24, 2.45) is 0 Å². The molecule has 0 unspecified atom stereocenters. The monoisotopic (exact) mass is 334 g/mol. The molecule has 1 saturated heterocycles. The van der Waals surface area contributed by atoms with Crippen LogP contribution in [0.3, 0.4) is 0 Å². The Morgan fingerprint density at radius 1 is 1.08 bits per heavy atom. The number of benzene rings is 1. The second kappa shape index (κ2) is 10.2. The molecule has 1 fully saturated rings. The largest absolute Gasteiger partial charge is 0.494 e. The highest BCUT2D eigenvalue weighted by Gasteiger charge is 2.24. The van der Waals surface area contributed by atoms with E-state index in [1.807, 2.05) is 29.2 Å². The highest BCUT2D eigenvalue weighted by Crippen LogP contribution is 2.18. The Balaban J connectivity index is 1.85. The van der Waals surface area contributed by atoms with Crippen LogP contribution in [0.15, 0.2) is 24.3 Å². The molecule has 0 spiro atoms. The van der Waals surface area contributed by atoms with Crippen molar-refractivity contribution in [1.29, 1.82) is 0 Å². The molecular formula is C19H30N2O3. The van der Waals surface area contributed by atoms with Crippen LogP contribution in [0.1, 0.15) is 39.5 Å². The molecule has 0 aliphatic carbocycles. The summed E-state index contributed by atoms with van der Waals surface area (Å²) in [5, 5.41) is 3.35. The minimum Gasteiger partial charge on any atom is -0.494 e. The third kappa shape index (κ3) is 5.71. The average Bonchev–Trinajstić information content (AvgIpc) is 2.64. The lowest BCUT2D eigenvalue weighted by atomic mass is 10.0. The Kier molecular flexibility index (Phi) is 7.89. The van der Waals surface area contributed by atoms with Gasteiger partial charge in [-0.3, -0.25) is 4.79 Å². The molecule has 1 heterocycles. The number of piperidine rings is 1. The second-order valence-electron chi connectivity index (χ2n) is 6.18. The molecule has 134 valence electrons. The maximum Gasteiger partial charge on any atom is 0.260 e. The first-order chi connectivity index (χ1) is 11.7. The lowest BCUT2D eigenvalue weighted by Gasteiger charge is -2.34. The summed E-state index contributed by atoms with van der Waals surface area (Å²) in [6.45, 7) is 7.76. The summed E-state index contributed by atoms with van der Waals surface area (Å²) in [6.07, 6.45) is 4.00.